The fourth-order valence-electron chi connectivity index (χ4n) is 2.05. The normalized spacial score (nSPS) is 11.2. The van der Waals surface area contributed by atoms with Crippen LogP contribution in [-0.4, -0.2) is 32.1 Å². The summed E-state index contributed by atoms with van der Waals surface area (Å²) in [7, 11) is -1.93. The Hall–Kier alpha value is -2.45. The van der Waals surface area contributed by atoms with E-state index in [9.17, 15) is 18.0 Å². The summed E-state index contributed by atoms with van der Waals surface area (Å²) in [5.41, 5.74) is 2.27. The van der Waals surface area contributed by atoms with Crippen LogP contribution in [0.4, 0.5) is 0 Å². The molecule has 0 fully saturated rings. The van der Waals surface area contributed by atoms with Crippen molar-refractivity contribution in [3.8, 4) is 0 Å². The van der Waals surface area contributed by atoms with E-state index in [4.69, 9.17) is 0 Å². The Morgan fingerprint density at radius 1 is 1.12 bits per heavy atom. The highest BCUT2D eigenvalue weighted by Gasteiger charge is 2.11. The van der Waals surface area contributed by atoms with Crippen molar-refractivity contribution in [3.05, 3.63) is 58.9 Å². The predicted octanol–water partition coefficient (Wildman–Crippen LogP) is 1.20. The average Bonchev–Trinajstić information content (AvgIpc) is 3.04. The first kappa shape index (κ1) is 17.9. The number of aromatic nitrogens is 1. The Morgan fingerprint density at radius 3 is 2.29 bits per heavy atom. The van der Waals surface area contributed by atoms with E-state index >= 15 is 0 Å². The molecule has 0 radical (unpaired) electrons. The molecule has 1 amide bonds. The molecule has 0 atom stereocenters. The van der Waals surface area contributed by atoms with Crippen LogP contribution in [0.25, 0.3) is 0 Å². The van der Waals surface area contributed by atoms with Crippen molar-refractivity contribution in [1.82, 2.24) is 15.0 Å². The Bertz CT molecular complexity index is 838. The molecule has 1 aromatic heterocycles. The van der Waals surface area contributed by atoms with Gasteiger partial charge in [0.1, 0.15) is 5.69 Å². The molecule has 1 aromatic carbocycles. The lowest BCUT2D eigenvalue weighted by Gasteiger charge is -2.06. The van der Waals surface area contributed by atoms with E-state index in [1.54, 1.807) is 24.3 Å². The predicted molar refractivity (Wildman–Crippen MR) is 90.1 cm³/mol. The minimum absolute atomic E-state index is 0.0908. The topological polar surface area (TPSA) is 108 Å². The average molecular weight is 349 g/mol. The second-order valence-corrected chi connectivity index (χ2v) is 7.25. The third kappa shape index (κ3) is 4.77. The summed E-state index contributed by atoms with van der Waals surface area (Å²) in [4.78, 5) is 26.0. The van der Waals surface area contributed by atoms with E-state index in [2.05, 4.69) is 15.0 Å². The zero-order chi connectivity index (χ0) is 17.7. The minimum Gasteiger partial charge on any atom is -0.356 e. The number of sulfonamides is 1. The molecule has 0 aliphatic carbocycles. The van der Waals surface area contributed by atoms with Gasteiger partial charge in [-0.2, -0.15) is 0 Å². The number of aromatic amines is 1. The summed E-state index contributed by atoms with van der Waals surface area (Å²) in [6, 6.07) is 8.44. The number of ketones is 1. The first-order valence-corrected chi connectivity index (χ1v) is 8.92. The molecule has 0 saturated carbocycles. The Balaban J connectivity index is 1.94. The first-order chi connectivity index (χ1) is 11.3. The molecule has 0 bridgehead atoms. The number of nitrogens with one attached hydrogen (secondary N) is 3. The van der Waals surface area contributed by atoms with E-state index in [-0.39, 0.29) is 17.4 Å². The van der Waals surface area contributed by atoms with E-state index in [1.165, 1.54) is 26.2 Å². The second kappa shape index (κ2) is 7.41. The zero-order valence-corrected chi connectivity index (χ0v) is 14.2. The van der Waals surface area contributed by atoms with Crippen molar-refractivity contribution >= 4 is 21.7 Å². The van der Waals surface area contributed by atoms with E-state index in [0.717, 1.165) is 5.56 Å². The molecule has 24 heavy (non-hydrogen) atoms. The maximum atomic E-state index is 12.0. The minimum atomic E-state index is -3.30. The maximum absolute atomic E-state index is 12.0. The summed E-state index contributed by atoms with van der Waals surface area (Å²) >= 11 is 0. The molecule has 0 unspecified atom stereocenters. The van der Waals surface area contributed by atoms with Crippen molar-refractivity contribution in [2.24, 2.45) is 0 Å². The summed E-state index contributed by atoms with van der Waals surface area (Å²) in [6.07, 6.45) is 1.49. The van der Waals surface area contributed by atoms with Gasteiger partial charge < -0.3 is 10.3 Å². The fourth-order valence-corrected chi connectivity index (χ4v) is 2.83. The lowest BCUT2D eigenvalue weighted by molar-refractivity contribution is 0.0946. The van der Waals surface area contributed by atoms with Crippen LogP contribution in [0.5, 0.6) is 0 Å². The van der Waals surface area contributed by atoms with Crippen LogP contribution in [0, 0.1) is 0 Å². The number of amides is 1. The monoisotopic (exact) mass is 349 g/mol. The standard InChI is InChI=1S/C16H19N3O4S/c1-11(20)14-7-15(18-9-14)16(21)19-8-12-3-5-13(6-4-12)10-24(22,23)17-2/h3-7,9,17-18H,8,10H2,1-2H3,(H,19,21). The molecular weight excluding hydrogens is 330 g/mol. The van der Waals surface area contributed by atoms with Crippen LogP contribution in [0.2, 0.25) is 0 Å². The van der Waals surface area contributed by atoms with Crippen molar-refractivity contribution in [2.45, 2.75) is 19.2 Å². The van der Waals surface area contributed by atoms with Crippen LogP contribution in [0.3, 0.4) is 0 Å². The van der Waals surface area contributed by atoms with Crippen LogP contribution >= 0.6 is 0 Å². The van der Waals surface area contributed by atoms with Gasteiger partial charge in [0.15, 0.2) is 5.78 Å². The molecular formula is C16H19N3O4S. The molecule has 128 valence electrons. The summed E-state index contributed by atoms with van der Waals surface area (Å²) in [5, 5.41) is 2.73. The third-order valence-electron chi connectivity index (χ3n) is 3.48. The lowest BCUT2D eigenvalue weighted by Crippen LogP contribution is -2.23. The van der Waals surface area contributed by atoms with Gasteiger partial charge >= 0.3 is 0 Å². The Morgan fingerprint density at radius 2 is 1.75 bits per heavy atom. The number of carbonyl (C=O) groups excluding carboxylic acids is 2. The number of hydrogen-bond donors (Lipinski definition) is 3. The van der Waals surface area contributed by atoms with Crippen LogP contribution in [0.15, 0.2) is 36.5 Å². The number of Topliss-reactive ketones (excluding diaryl/α,β-unsaturated/α-hetero) is 1. The van der Waals surface area contributed by atoms with Gasteiger partial charge in [-0.3, -0.25) is 9.59 Å². The highest BCUT2D eigenvalue weighted by Crippen LogP contribution is 2.09. The van der Waals surface area contributed by atoms with Gasteiger partial charge in [0.05, 0.1) is 5.75 Å². The Labute approximate surface area is 140 Å². The van der Waals surface area contributed by atoms with Gasteiger partial charge in [0.2, 0.25) is 10.0 Å². The highest BCUT2D eigenvalue weighted by atomic mass is 32.2. The van der Waals surface area contributed by atoms with Crippen LogP contribution in [-0.2, 0) is 22.3 Å². The van der Waals surface area contributed by atoms with Gasteiger partial charge in [-0.05, 0) is 31.2 Å². The lowest BCUT2D eigenvalue weighted by atomic mass is 10.1. The molecule has 7 nitrogen and oxygen atoms in total. The largest absolute Gasteiger partial charge is 0.356 e. The Kier molecular flexibility index (Phi) is 5.53. The van der Waals surface area contributed by atoms with Gasteiger partial charge in [0.25, 0.3) is 5.91 Å². The molecule has 8 heteroatoms. The van der Waals surface area contributed by atoms with E-state index in [1.807, 2.05) is 0 Å². The number of H-pyrrole nitrogens is 1. The number of benzene rings is 1. The van der Waals surface area contributed by atoms with Crippen molar-refractivity contribution in [3.63, 3.8) is 0 Å². The fraction of sp³-hybridized carbons (Fsp3) is 0.250. The molecule has 0 saturated heterocycles. The first-order valence-electron chi connectivity index (χ1n) is 7.27. The van der Waals surface area contributed by atoms with Crippen molar-refractivity contribution in [2.75, 3.05) is 7.05 Å². The number of hydrogen-bond acceptors (Lipinski definition) is 4. The highest BCUT2D eigenvalue weighted by molar-refractivity contribution is 7.88. The van der Waals surface area contributed by atoms with Crippen molar-refractivity contribution in [1.29, 1.82) is 0 Å². The van der Waals surface area contributed by atoms with E-state index < -0.39 is 10.0 Å². The van der Waals surface area contributed by atoms with Gasteiger partial charge in [-0.15, -0.1) is 0 Å². The second-order valence-electron chi connectivity index (χ2n) is 5.32. The van der Waals surface area contributed by atoms with E-state index in [0.29, 0.717) is 23.4 Å². The summed E-state index contributed by atoms with van der Waals surface area (Å²) < 4.78 is 25.2. The molecule has 2 aromatic rings. The summed E-state index contributed by atoms with van der Waals surface area (Å²) in [5.74, 6) is -0.520. The van der Waals surface area contributed by atoms with Crippen LogP contribution in [0.1, 0.15) is 38.9 Å². The molecule has 1 heterocycles. The number of carbonyl (C=O) groups is 2. The third-order valence-corrected chi connectivity index (χ3v) is 4.81. The zero-order valence-electron chi connectivity index (χ0n) is 13.4. The molecule has 0 aliphatic heterocycles. The maximum Gasteiger partial charge on any atom is 0.267 e. The quantitative estimate of drug-likeness (QED) is 0.653. The molecule has 2 rings (SSSR count). The molecule has 0 spiro atoms. The van der Waals surface area contributed by atoms with Gasteiger partial charge in [-0.1, -0.05) is 24.3 Å². The number of rotatable bonds is 7. The molecule has 3 N–H and O–H groups in total. The van der Waals surface area contributed by atoms with Gasteiger partial charge in [0, 0.05) is 18.3 Å². The summed E-state index contributed by atoms with van der Waals surface area (Å²) in [6.45, 7) is 1.73. The SMILES string of the molecule is CNS(=O)(=O)Cc1ccc(CNC(=O)c2cc(C(C)=O)c[nH]2)cc1. The van der Waals surface area contributed by atoms with Gasteiger partial charge in [-0.25, -0.2) is 13.1 Å². The van der Waals surface area contributed by atoms with Crippen molar-refractivity contribution < 1.29 is 18.0 Å². The van der Waals surface area contributed by atoms with Crippen LogP contribution < -0.4 is 10.0 Å². The smallest absolute Gasteiger partial charge is 0.267 e. The molecule has 0 aliphatic rings.